The van der Waals surface area contributed by atoms with Crippen molar-refractivity contribution in [1.82, 2.24) is 5.32 Å². The van der Waals surface area contributed by atoms with Gasteiger partial charge in [0.15, 0.2) is 0 Å². The number of benzene rings is 1. The second kappa shape index (κ2) is 6.90. The fourth-order valence-corrected chi connectivity index (χ4v) is 3.06. The predicted octanol–water partition coefficient (Wildman–Crippen LogP) is 4.18. The summed E-state index contributed by atoms with van der Waals surface area (Å²) >= 11 is 9.81. The topological polar surface area (TPSA) is 21.3 Å². The molecular formula is C14H19BrClNO. The first-order chi connectivity index (χ1) is 8.72. The molecule has 1 aliphatic rings. The van der Waals surface area contributed by atoms with Crippen molar-refractivity contribution in [2.45, 2.75) is 25.9 Å². The second-order valence-corrected chi connectivity index (χ2v) is 5.99. The third-order valence-electron chi connectivity index (χ3n) is 3.37. The first-order valence-electron chi connectivity index (χ1n) is 6.49. The molecule has 0 aromatic heterocycles. The summed E-state index contributed by atoms with van der Waals surface area (Å²) in [7, 11) is 0. The van der Waals surface area contributed by atoms with Crippen LogP contribution in [0.25, 0.3) is 0 Å². The van der Waals surface area contributed by atoms with Crippen LogP contribution in [0.3, 0.4) is 0 Å². The van der Waals surface area contributed by atoms with E-state index in [9.17, 15) is 0 Å². The Balaban J connectivity index is 2.19. The summed E-state index contributed by atoms with van der Waals surface area (Å²) in [5.74, 6) is 0.505. The zero-order valence-corrected chi connectivity index (χ0v) is 12.9. The van der Waals surface area contributed by atoms with Crippen molar-refractivity contribution in [3.05, 3.63) is 33.3 Å². The molecule has 2 unspecified atom stereocenters. The van der Waals surface area contributed by atoms with Crippen molar-refractivity contribution in [3.63, 3.8) is 0 Å². The minimum atomic E-state index is 0.114. The first-order valence-corrected chi connectivity index (χ1v) is 7.66. The van der Waals surface area contributed by atoms with E-state index in [0.717, 1.165) is 41.2 Å². The predicted molar refractivity (Wildman–Crippen MR) is 79.1 cm³/mol. The van der Waals surface area contributed by atoms with E-state index >= 15 is 0 Å². The van der Waals surface area contributed by atoms with Crippen LogP contribution in [-0.2, 0) is 4.74 Å². The quantitative estimate of drug-likeness (QED) is 0.893. The minimum Gasteiger partial charge on any atom is -0.373 e. The fourth-order valence-electron chi connectivity index (χ4n) is 2.46. The van der Waals surface area contributed by atoms with Crippen LogP contribution in [-0.4, -0.2) is 19.7 Å². The first kappa shape index (κ1) is 14.3. The van der Waals surface area contributed by atoms with Crippen LogP contribution in [0.4, 0.5) is 0 Å². The van der Waals surface area contributed by atoms with Crippen LogP contribution < -0.4 is 5.32 Å². The molecule has 1 aliphatic heterocycles. The lowest BCUT2D eigenvalue weighted by Crippen LogP contribution is -2.32. The molecule has 1 aromatic carbocycles. The number of hydrogen-bond acceptors (Lipinski definition) is 2. The van der Waals surface area contributed by atoms with Gasteiger partial charge in [-0.15, -0.1) is 0 Å². The molecule has 100 valence electrons. The van der Waals surface area contributed by atoms with Crippen molar-refractivity contribution in [3.8, 4) is 0 Å². The van der Waals surface area contributed by atoms with E-state index in [1.807, 2.05) is 12.1 Å². The molecule has 0 aliphatic carbocycles. The molecule has 0 bridgehead atoms. The second-order valence-electron chi connectivity index (χ2n) is 4.67. The molecule has 18 heavy (non-hydrogen) atoms. The highest BCUT2D eigenvalue weighted by Gasteiger charge is 2.28. The van der Waals surface area contributed by atoms with Gasteiger partial charge < -0.3 is 10.1 Å². The Hall–Kier alpha value is -0.0900. The number of halogens is 2. The maximum Gasteiger partial charge on any atom is 0.0879 e. The van der Waals surface area contributed by atoms with Gasteiger partial charge in [0.05, 0.1) is 6.10 Å². The molecule has 0 spiro atoms. The molecule has 2 nitrogen and oxygen atoms in total. The minimum absolute atomic E-state index is 0.114. The van der Waals surface area contributed by atoms with Crippen molar-refractivity contribution in [2.75, 3.05) is 19.7 Å². The van der Waals surface area contributed by atoms with Gasteiger partial charge in [-0.05, 0) is 37.6 Å². The molecule has 1 fully saturated rings. The van der Waals surface area contributed by atoms with E-state index < -0.39 is 0 Å². The van der Waals surface area contributed by atoms with Gasteiger partial charge in [-0.2, -0.15) is 0 Å². The van der Waals surface area contributed by atoms with Crippen LogP contribution in [0.5, 0.6) is 0 Å². The molecule has 0 radical (unpaired) electrons. The van der Waals surface area contributed by atoms with Crippen molar-refractivity contribution in [2.24, 2.45) is 5.92 Å². The zero-order valence-electron chi connectivity index (χ0n) is 10.6. The Bertz CT molecular complexity index is 399. The van der Waals surface area contributed by atoms with Crippen molar-refractivity contribution < 1.29 is 4.74 Å². The summed E-state index contributed by atoms with van der Waals surface area (Å²) in [6.45, 7) is 4.94. The van der Waals surface area contributed by atoms with E-state index in [1.54, 1.807) is 0 Å². The lowest BCUT2D eigenvalue weighted by molar-refractivity contribution is -0.0275. The molecular weight excluding hydrogens is 314 g/mol. The van der Waals surface area contributed by atoms with Crippen LogP contribution in [0.2, 0.25) is 5.02 Å². The van der Waals surface area contributed by atoms with Gasteiger partial charge in [-0.25, -0.2) is 0 Å². The Kier molecular flexibility index (Phi) is 5.49. The zero-order chi connectivity index (χ0) is 13.0. The van der Waals surface area contributed by atoms with E-state index in [1.165, 1.54) is 6.42 Å². The molecule has 1 N–H and O–H groups in total. The average Bonchev–Trinajstić information content (AvgIpc) is 2.39. The summed E-state index contributed by atoms with van der Waals surface area (Å²) < 4.78 is 7.02. The SMILES string of the molecule is CCNCC1CCCOC1c1cc(Br)ccc1Cl. The van der Waals surface area contributed by atoms with Crippen molar-refractivity contribution >= 4 is 27.5 Å². The van der Waals surface area contributed by atoms with Gasteiger partial charge in [0.2, 0.25) is 0 Å². The van der Waals surface area contributed by atoms with Crippen LogP contribution in [0.15, 0.2) is 22.7 Å². The normalized spacial score (nSPS) is 24.2. The molecule has 1 saturated heterocycles. The number of nitrogens with one attached hydrogen (secondary N) is 1. The van der Waals surface area contributed by atoms with Gasteiger partial charge in [-0.1, -0.05) is 34.5 Å². The van der Waals surface area contributed by atoms with Gasteiger partial charge in [0.25, 0.3) is 0 Å². The maximum absolute atomic E-state index is 6.31. The Morgan fingerprint density at radius 2 is 2.33 bits per heavy atom. The summed E-state index contributed by atoms with van der Waals surface area (Å²) in [4.78, 5) is 0. The molecule has 2 atom stereocenters. The average molecular weight is 333 g/mol. The number of ether oxygens (including phenoxy) is 1. The molecule has 4 heteroatoms. The molecule has 1 aromatic rings. The van der Waals surface area contributed by atoms with Crippen molar-refractivity contribution in [1.29, 1.82) is 0 Å². The van der Waals surface area contributed by atoms with Crippen LogP contribution >= 0.6 is 27.5 Å². The summed E-state index contributed by atoms with van der Waals surface area (Å²) in [6, 6.07) is 5.98. The standard InChI is InChI=1S/C14H19BrClNO/c1-2-17-9-10-4-3-7-18-14(10)12-8-11(15)5-6-13(12)16/h5-6,8,10,14,17H,2-4,7,9H2,1H3. The molecule has 0 amide bonds. The molecule has 0 saturated carbocycles. The highest BCUT2D eigenvalue weighted by molar-refractivity contribution is 9.10. The largest absolute Gasteiger partial charge is 0.373 e. The van der Waals surface area contributed by atoms with Gasteiger partial charge in [0.1, 0.15) is 0 Å². The molecule has 2 rings (SSSR count). The summed E-state index contributed by atoms with van der Waals surface area (Å²) in [5.41, 5.74) is 1.11. The van der Waals surface area contributed by atoms with E-state index in [4.69, 9.17) is 16.3 Å². The molecule has 1 heterocycles. The van der Waals surface area contributed by atoms with Gasteiger partial charge >= 0.3 is 0 Å². The van der Waals surface area contributed by atoms with E-state index in [0.29, 0.717) is 5.92 Å². The maximum atomic E-state index is 6.31. The fraction of sp³-hybridized carbons (Fsp3) is 0.571. The third-order valence-corrected chi connectivity index (χ3v) is 4.20. The lowest BCUT2D eigenvalue weighted by atomic mass is 9.89. The van der Waals surface area contributed by atoms with Crippen LogP contribution in [0, 0.1) is 5.92 Å². The van der Waals surface area contributed by atoms with E-state index in [-0.39, 0.29) is 6.10 Å². The number of rotatable bonds is 4. The van der Waals surface area contributed by atoms with E-state index in [2.05, 4.69) is 34.2 Å². The summed E-state index contributed by atoms with van der Waals surface area (Å²) in [5, 5.41) is 4.21. The smallest absolute Gasteiger partial charge is 0.0879 e. The van der Waals surface area contributed by atoms with Gasteiger partial charge in [0, 0.05) is 34.1 Å². The van der Waals surface area contributed by atoms with Gasteiger partial charge in [-0.3, -0.25) is 0 Å². The van der Waals surface area contributed by atoms with Crippen LogP contribution in [0.1, 0.15) is 31.4 Å². The summed E-state index contributed by atoms with van der Waals surface area (Å²) in [6.07, 6.45) is 2.45. The Morgan fingerprint density at radius 3 is 3.11 bits per heavy atom. The highest BCUT2D eigenvalue weighted by Crippen LogP contribution is 2.37. The monoisotopic (exact) mass is 331 g/mol. The number of hydrogen-bond donors (Lipinski definition) is 1. The lowest BCUT2D eigenvalue weighted by Gasteiger charge is -2.32. The Labute approximate surface area is 122 Å². The Morgan fingerprint density at radius 1 is 1.50 bits per heavy atom. The highest BCUT2D eigenvalue weighted by atomic mass is 79.9. The third kappa shape index (κ3) is 3.47.